The van der Waals surface area contributed by atoms with Crippen molar-refractivity contribution in [3.05, 3.63) is 125 Å². The molecule has 0 aromatic heterocycles. The molecule has 54 heavy (non-hydrogen) atoms. The molecule has 0 aliphatic carbocycles. The standard InChI is InChI=1S/C40H40Cl2F2N6O4/c41-29-5-15-34(16-6-29)49(37(51)25-27-1-7-30(43)8-2-27)35-17-21-47(22-18-35)39(53)45-32-11-13-33(14-12-32)46-40(54)48-23-19-36(20-24-48)50(42)38(52)26-28-3-9-31(44)10-4-28/h1-16,35-36H,17-26H2,(H,45,53)(H,46,54). The molecule has 4 aromatic carbocycles. The Morgan fingerprint density at radius 1 is 0.593 bits per heavy atom. The van der Waals surface area contributed by atoms with Crippen LogP contribution in [0.5, 0.6) is 0 Å². The summed E-state index contributed by atoms with van der Waals surface area (Å²) in [6.45, 7) is 1.68. The van der Waals surface area contributed by atoms with Crippen molar-refractivity contribution in [1.82, 2.24) is 14.2 Å². The molecule has 10 nitrogen and oxygen atoms in total. The van der Waals surface area contributed by atoms with E-state index in [4.69, 9.17) is 23.4 Å². The number of hydrogen-bond acceptors (Lipinski definition) is 4. The third-order valence-corrected chi connectivity index (χ3v) is 10.4. The van der Waals surface area contributed by atoms with Gasteiger partial charge >= 0.3 is 12.1 Å². The van der Waals surface area contributed by atoms with Crippen LogP contribution in [0.2, 0.25) is 5.02 Å². The molecule has 6 rings (SSSR count). The van der Waals surface area contributed by atoms with Gasteiger partial charge in [-0.25, -0.2) is 18.4 Å². The Bertz CT molecular complexity index is 1920. The second-order valence-corrected chi connectivity index (χ2v) is 14.2. The zero-order valence-electron chi connectivity index (χ0n) is 29.4. The van der Waals surface area contributed by atoms with E-state index in [1.807, 2.05) is 0 Å². The molecule has 6 amide bonds. The predicted octanol–water partition coefficient (Wildman–Crippen LogP) is 8.11. The molecule has 2 heterocycles. The van der Waals surface area contributed by atoms with Crippen molar-refractivity contribution in [2.24, 2.45) is 0 Å². The number of nitrogens with zero attached hydrogens (tertiary/aromatic N) is 4. The summed E-state index contributed by atoms with van der Waals surface area (Å²) in [6, 6.07) is 24.6. The van der Waals surface area contributed by atoms with E-state index < -0.39 is 0 Å². The summed E-state index contributed by atoms with van der Waals surface area (Å²) in [5, 5.41) is 6.35. The molecule has 2 saturated heterocycles. The second kappa shape index (κ2) is 17.7. The summed E-state index contributed by atoms with van der Waals surface area (Å²) < 4.78 is 27.8. The first-order chi connectivity index (χ1) is 26.0. The average Bonchev–Trinajstić information content (AvgIpc) is 3.18. The zero-order chi connectivity index (χ0) is 38.2. The third-order valence-electron chi connectivity index (χ3n) is 9.73. The van der Waals surface area contributed by atoms with Crippen LogP contribution < -0.4 is 15.5 Å². The van der Waals surface area contributed by atoms with Crippen LogP contribution in [0.15, 0.2) is 97.1 Å². The number of urea groups is 2. The Kier molecular flexibility index (Phi) is 12.7. The number of nitrogens with one attached hydrogen (secondary N) is 2. The number of carbonyl (C=O) groups is 4. The lowest BCUT2D eigenvalue weighted by atomic mass is 10.0. The molecule has 2 N–H and O–H groups in total. The first kappa shape index (κ1) is 38.5. The first-order valence-corrected chi connectivity index (χ1v) is 18.5. The number of rotatable bonds is 9. The summed E-state index contributed by atoms with van der Waals surface area (Å²) in [7, 11) is 0. The van der Waals surface area contributed by atoms with Gasteiger partial charge in [0.05, 0.1) is 18.9 Å². The van der Waals surface area contributed by atoms with E-state index in [-0.39, 0.29) is 60.4 Å². The topological polar surface area (TPSA) is 105 Å². The molecule has 2 aliphatic rings. The highest BCUT2D eigenvalue weighted by atomic mass is 35.5. The molecule has 0 atom stereocenters. The quantitative estimate of drug-likeness (QED) is 0.168. The van der Waals surface area contributed by atoms with Gasteiger partial charge in [0.25, 0.3) is 0 Å². The SMILES string of the molecule is O=C(Nc1ccc(NC(=O)N2CCC(N(C(=O)Cc3ccc(F)cc3)c3ccc(Cl)cc3)CC2)cc1)N1CCC(N(Cl)C(=O)Cc2ccc(F)cc2)CC1. The second-order valence-electron chi connectivity index (χ2n) is 13.4. The summed E-state index contributed by atoms with van der Waals surface area (Å²) in [6.07, 6.45) is 2.31. The van der Waals surface area contributed by atoms with Crippen LogP contribution in [0, 0.1) is 11.6 Å². The Hall–Kier alpha value is -5.20. The maximum Gasteiger partial charge on any atom is 0.321 e. The molecule has 4 aromatic rings. The Balaban J connectivity index is 0.958. The lowest BCUT2D eigenvalue weighted by Crippen LogP contribution is -2.50. The Labute approximate surface area is 322 Å². The molecule has 0 spiro atoms. The summed E-state index contributed by atoms with van der Waals surface area (Å²) in [4.78, 5) is 57.6. The van der Waals surface area contributed by atoms with E-state index in [1.54, 1.807) is 87.5 Å². The monoisotopic (exact) mass is 776 g/mol. The molecule has 2 fully saturated rings. The number of halogens is 4. The normalized spacial score (nSPS) is 15.0. The molecule has 0 bridgehead atoms. The summed E-state index contributed by atoms with van der Waals surface area (Å²) in [5.41, 5.74) is 3.20. The first-order valence-electron chi connectivity index (χ1n) is 17.8. The minimum absolute atomic E-state index is 0.0620. The number of likely N-dealkylation sites (tertiary alicyclic amines) is 2. The van der Waals surface area contributed by atoms with Gasteiger partial charge in [-0.05, 0) is 110 Å². The van der Waals surface area contributed by atoms with Gasteiger partial charge in [0, 0.05) is 66.1 Å². The van der Waals surface area contributed by atoms with Crippen LogP contribution in [-0.2, 0) is 22.4 Å². The fourth-order valence-electron chi connectivity index (χ4n) is 6.74. The van der Waals surface area contributed by atoms with Gasteiger partial charge in [-0.3, -0.25) is 14.0 Å². The van der Waals surface area contributed by atoms with Crippen LogP contribution >= 0.6 is 23.4 Å². The average molecular weight is 778 g/mol. The van der Waals surface area contributed by atoms with Gasteiger partial charge in [0.2, 0.25) is 11.8 Å². The van der Waals surface area contributed by atoms with E-state index in [9.17, 15) is 28.0 Å². The van der Waals surface area contributed by atoms with E-state index in [2.05, 4.69) is 10.6 Å². The van der Waals surface area contributed by atoms with Crippen LogP contribution in [-0.4, -0.2) is 76.4 Å². The van der Waals surface area contributed by atoms with Gasteiger partial charge < -0.3 is 25.3 Å². The number of hydrogen-bond donors (Lipinski definition) is 2. The van der Waals surface area contributed by atoms with Crippen molar-refractivity contribution in [3.63, 3.8) is 0 Å². The smallest absolute Gasteiger partial charge is 0.321 e. The van der Waals surface area contributed by atoms with Gasteiger partial charge in [-0.15, -0.1) is 0 Å². The van der Waals surface area contributed by atoms with E-state index >= 15 is 0 Å². The van der Waals surface area contributed by atoms with Crippen LogP contribution in [0.1, 0.15) is 36.8 Å². The lowest BCUT2D eigenvalue weighted by Gasteiger charge is -2.38. The lowest BCUT2D eigenvalue weighted by molar-refractivity contribution is -0.128. The molecule has 0 unspecified atom stereocenters. The molecular formula is C40H40Cl2F2N6O4. The highest BCUT2D eigenvalue weighted by Gasteiger charge is 2.32. The van der Waals surface area contributed by atoms with E-state index in [0.29, 0.717) is 85.1 Å². The van der Waals surface area contributed by atoms with Crippen molar-refractivity contribution < 1.29 is 28.0 Å². The maximum absolute atomic E-state index is 13.6. The fourth-order valence-corrected chi connectivity index (χ4v) is 7.12. The van der Waals surface area contributed by atoms with Crippen molar-refractivity contribution >= 4 is 64.3 Å². The van der Waals surface area contributed by atoms with Gasteiger partial charge in [-0.2, -0.15) is 0 Å². The number of carbonyl (C=O) groups excluding carboxylic acids is 4. The largest absolute Gasteiger partial charge is 0.324 e. The number of anilines is 3. The number of benzene rings is 4. The number of piperidine rings is 2. The number of amides is 6. The zero-order valence-corrected chi connectivity index (χ0v) is 30.9. The van der Waals surface area contributed by atoms with Gasteiger partial charge in [0.15, 0.2) is 0 Å². The predicted molar refractivity (Wildman–Crippen MR) is 206 cm³/mol. The van der Waals surface area contributed by atoms with Crippen molar-refractivity contribution in [2.45, 2.75) is 50.6 Å². The summed E-state index contributed by atoms with van der Waals surface area (Å²) >= 11 is 12.5. The van der Waals surface area contributed by atoms with Crippen LogP contribution in [0.3, 0.4) is 0 Å². The van der Waals surface area contributed by atoms with Crippen LogP contribution in [0.25, 0.3) is 0 Å². The minimum Gasteiger partial charge on any atom is -0.324 e. The maximum atomic E-state index is 13.6. The van der Waals surface area contributed by atoms with E-state index in [0.717, 1.165) is 0 Å². The highest BCUT2D eigenvalue weighted by molar-refractivity contribution is 6.30. The van der Waals surface area contributed by atoms with E-state index in [1.165, 1.54) is 28.7 Å². The molecule has 0 radical (unpaired) electrons. The molecule has 2 aliphatic heterocycles. The third kappa shape index (κ3) is 10.1. The Morgan fingerprint density at radius 3 is 1.44 bits per heavy atom. The molecule has 14 heteroatoms. The van der Waals surface area contributed by atoms with Crippen molar-refractivity contribution in [2.75, 3.05) is 41.7 Å². The molecule has 0 saturated carbocycles. The van der Waals surface area contributed by atoms with Crippen LogP contribution in [0.4, 0.5) is 35.4 Å². The van der Waals surface area contributed by atoms with Gasteiger partial charge in [-0.1, -0.05) is 35.9 Å². The molecular weight excluding hydrogens is 737 g/mol. The van der Waals surface area contributed by atoms with Crippen molar-refractivity contribution in [3.8, 4) is 0 Å². The highest BCUT2D eigenvalue weighted by Crippen LogP contribution is 2.27. The fraction of sp³-hybridized carbons (Fsp3) is 0.300. The Morgan fingerprint density at radius 2 is 1.00 bits per heavy atom. The van der Waals surface area contributed by atoms with Gasteiger partial charge in [0.1, 0.15) is 11.6 Å². The van der Waals surface area contributed by atoms with Crippen molar-refractivity contribution in [1.29, 1.82) is 0 Å². The summed E-state index contributed by atoms with van der Waals surface area (Å²) in [5.74, 6) is -1.15. The minimum atomic E-state index is -0.373. The molecule has 282 valence electrons.